The first-order chi connectivity index (χ1) is 7.81. The third-order valence-electron chi connectivity index (χ3n) is 2.53. The molecule has 84 valence electrons. The van der Waals surface area contributed by atoms with Crippen molar-refractivity contribution in [1.29, 1.82) is 0 Å². The average molecular weight is 217 g/mol. The summed E-state index contributed by atoms with van der Waals surface area (Å²) < 4.78 is 0. The van der Waals surface area contributed by atoms with E-state index in [9.17, 15) is 5.11 Å². The molecule has 0 radical (unpaired) electrons. The van der Waals surface area contributed by atoms with Gasteiger partial charge in [0, 0.05) is 17.6 Å². The summed E-state index contributed by atoms with van der Waals surface area (Å²) in [5.74, 6) is 0. The second-order valence-corrected chi connectivity index (χ2v) is 3.74. The predicted octanol–water partition coefficient (Wildman–Crippen LogP) is 1.60. The van der Waals surface area contributed by atoms with Crippen LogP contribution >= 0.6 is 0 Å². The Kier molecular flexibility index (Phi) is 3.39. The van der Waals surface area contributed by atoms with E-state index in [-0.39, 0.29) is 6.61 Å². The van der Waals surface area contributed by atoms with Crippen LogP contribution in [0.2, 0.25) is 0 Å². The van der Waals surface area contributed by atoms with Crippen molar-refractivity contribution in [3.63, 3.8) is 0 Å². The van der Waals surface area contributed by atoms with Crippen molar-refractivity contribution in [1.82, 2.24) is 0 Å². The molecule has 0 saturated heterocycles. The lowest BCUT2D eigenvalue weighted by atomic mass is 10.1. The maximum Gasteiger partial charge on any atom is 0.0942 e. The van der Waals surface area contributed by atoms with Crippen LogP contribution in [0.4, 0.5) is 5.69 Å². The Balaban J connectivity index is 2.23. The summed E-state index contributed by atoms with van der Waals surface area (Å²) in [6.45, 7) is 0.127. The Morgan fingerprint density at radius 3 is 2.62 bits per heavy atom. The second-order valence-electron chi connectivity index (χ2n) is 3.74. The second kappa shape index (κ2) is 4.96. The van der Waals surface area contributed by atoms with Crippen LogP contribution in [-0.4, -0.2) is 29.5 Å². The van der Waals surface area contributed by atoms with E-state index in [1.54, 1.807) is 0 Å². The molecular weight excluding hydrogens is 202 g/mol. The van der Waals surface area contributed by atoms with Crippen molar-refractivity contribution in [2.24, 2.45) is 0 Å². The number of aliphatic hydroxyl groups excluding tert-OH is 2. The standard InChI is InChI=1S/C13H15NO2/c15-9-11(16)8-14-13-7-3-5-10-4-1-2-6-12(10)13/h1-7,11,14-16H,8-9H2. The van der Waals surface area contributed by atoms with Crippen molar-refractivity contribution in [2.75, 3.05) is 18.5 Å². The fourth-order valence-electron chi connectivity index (χ4n) is 1.67. The van der Waals surface area contributed by atoms with E-state index in [2.05, 4.69) is 5.32 Å². The molecule has 2 aromatic rings. The van der Waals surface area contributed by atoms with Gasteiger partial charge in [0.15, 0.2) is 0 Å². The molecule has 16 heavy (non-hydrogen) atoms. The minimum absolute atomic E-state index is 0.224. The highest BCUT2D eigenvalue weighted by Crippen LogP contribution is 2.22. The maximum absolute atomic E-state index is 9.28. The van der Waals surface area contributed by atoms with Gasteiger partial charge in [-0.25, -0.2) is 0 Å². The number of aliphatic hydroxyl groups is 2. The van der Waals surface area contributed by atoms with Crippen LogP contribution in [0.5, 0.6) is 0 Å². The van der Waals surface area contributed by atoms with Crippen LogP contribution < -0.4 is 5.32 Å². The molecule has 3 heteroatoms. The van der Waals surface area contributed by atoms with E-state index in [0.717, 1.165) is 16.5 Å². The van der Waals surface area contributed by atoms with Gasteiger partial charge in [-0.05, 0) is 11.5 Å². The first-order valence-electron chi connectivity index (χ1n) is 5.32. The molecule has 3 nitrogen and oxygen atoms in total. The van der Waals surface area contributed by atoms with Crippen LogP contribution in [0, 0.1) is 0 Å². The molecule has 2 aromatic carbocycles. The number of fused-ring (bicyclic) bond motifs is 1. The number of benzene rings is 2. The first kappa shape index (κ1) is 10.9. The molecule has 1 unspecified atom stereocenters. The molecule has 0 heterocycles. The molecule has 0 bridgehead atoms. The van der Waals surface area contributed by atoms with E-state index in [1.165, 1.54) is 0 Å². The van der Waals surface area contributed by atoms with E-state index in [4.69, 9.17) is 5.11 Å². The Labute approximate surface area is 94.3 Å². The Morgan fingerprint density at radius 1 is 1.06 bits per heavy atom. The molecular formula is C13H15NO2. The summed E-state index contributed by atoms with van der Waals surface area (Å²) in [5, 5.41) is 23.4. The highest BCUT2D eigenvalue weighted by molar-refractivity contribution is 5.93. The van der Waals surface area contributed by atoms with Gasteiger partial charge >= 0.3 is 0 Å². The topological polar surface area (TPSA) is 52.5 Å². The van der Waals surface area contributed by atoms with Gasteiger partial charge in [0.2, 0.25) is 0 Å². The summed E-state index contributed by atoms with van der Waals surface area (Å²) in [4.78, 5) is 0. The highest BCUT2D eigenvalue weighted by atomic mass is 16.3. The monoisotopic (exact) mass is 217 g/mol. The number of hydrogen-bond donors (Lipinski definition) is 3. The lowest BCUT2D eigenvalue weighted by Gasteiger charge is -2.12. The van der Waals surface area contributed by atoms with E-state index >= 15 is 0 Å². The molecule has 0 fully saturated rings. The largest absolute Gasteiger partial charge is 0.394 e. The summed E-state index contributed by atoms with van der Waals surface area (Å²) in [6, 6.07) is 14.0. The molecule has 0 aromatic heterocycles. The highest BCUT2D eigenvalue weighted by Gasteiger charge is 2.03. The van der Waals surface area contributed by atoms with Crippen LogP contribution in [0.25, 0.3) is 10.8 Å². The van der Waals surface area contributed by atoms with Crippen molar-refractivity contribution >= 4 is 16.5 Å². The lowest BCUT2D eigenvalue weighted by molar-refractivity contribution is 0.105. The minimum Gasteiger partial charge on any atom is -0.394 e. The SMILES string of the molecule is OCC(O)CNc1cccc2ccccc12. The summed E-state index contributed by atoms with van der Waals surface area (Å²) >= 11 is 0. The van der Waals surface area contributed by atoms with Crippen molar-refractivity contribution in [2.45, 2.75) is 6.10 Å². The molecule has 0 saturated carbocycles. The summed E-state index contributed by atoms with van der Waals surface area (Å²) in [6.07, 6.45) is -0.723. The third-order valence-corrected chi connectivity index (χ3v) is 2.53. The number of rotatable bonds is 4. The van der Waals surface area contributed by atoms with Crippen LogP contribution in [0.3, 0.4) is 0 Å². The molecule has 0 amide bonds. The molecule has 1 atom stereocenters. The number of anilines is 1. The average Bonchev–Trinajstić information content (AvgIpc) is 2.35. The normalized spacial score (nSPS) is 12.6. The number of nitrogens with one attached hydrogen (secondary N) is 1. The van der Waals surface area contributed by atoms with Crippen LogP contribution in [0.15, 0.2) is 42.5 Å². The Morgan fingerprint density at radius 2 is 1.81 bits per heavy atom. The molecule has 0 aliphatic heterocycles. The summed E-state index contributed by atoms with van der Waals surface area (Å²) in [5.41, 5.74) is 0.977. The Bertz CT molecular complexity index is 465. The van der Waals surface area contributed by atoms with Gasteiger partial charge in [0.1, 0.15) is 0 Å². The van der Waals surface area contributed by atoms with Gasteiger partial charge in [-0.2, -0.15) is 0 Å². The van der Waals surface area contributed by atoms with Gasteiger partial charge in [0.05, 0.1) is 12.7 Å². The molecule has 3 N–H and O–H groups in total. The molecule has 0 aliphatic carbocycles. The fraction of sp³-hybridized carbons (Fsp3) is 0.231. The van der Waals surface area contributed by atoms with E-state index in [1.807, 2.05) is 42.5 Å². The zero-order valence-electron chi connectivity index (χ0n) is 8.93. The van der Waals surface area contributed by atoms with Crippen LogP contribution in [-0.2, 0) is 0 Å². The fourth-order valence-corrected chi connectivity index (χ4v) is 1.67. The van der Waals surface area contributed by atoms with Crippen LogP contribution in [0.1, 0.15) is 0 Å². The van der Waals surface area contributed by atoms with E-state index < -0.39 is 6.10 Å². The Hall–Kier alpha value is -1.58. The van der Waals surface area contributed by atoms with Crippen molar-refractivity contribution in [3.8, 4) is 0 Å². The van der Waals surface area contributed by atoms with Crippen molar-refractivity contribution < 1.29 is 10.2 Å². The number of hydrogen-bond acceptors (Lipinski definition) is 3. The predicted molar refractivity (Wildman–Crippen MR) is 65.5 cm³/mol. The zero-order chi connectivity index (χ0) is 11.4. The smallest absolute Gasteiger partial charge is 0.0942 e. The van der Waals surface area contributed by atoms with Gasteiger partial charge in [-0.3, -0.25) is 0 Å². The van der Waals surface area contributed by atoms with Gasteiger partial charge in [-0.1, -0.05) is 36.4 Å². The molecule has 0 aliphatic rings. The quantitative estimate of drug-likeness (QED) is 0.729. The first-order valence-corrected chi connectivity index (χ1v) is 5.32. The van der Waals surface area contributed by atoms with Gasteiger partial charge in [-0.15, -0.1) is 0 Å². The van der Waals surface area contributed by atoms with Gasteiger partial charge in [0.25, 0.3) is 0 Å². The summed E-state index contributed by atoms with van der Waals surface area (Å²) in [7, 11) is 0. The van der Waals surface area contributed by atoms with Crippen molar-refractivity contribution in [3.05, 3.63) is 42.5 Å². The molecule has 2 rings (SSSR count). The third kappa shape index (κ3) is 2.32. The zero-order valence-corrected chi connectivity index (χ0v) is 8.93. The van der Waals surface area contributed by atoms with E-state index in [0.29, 0.717) is 6.54 Å². The minimum atomic E-state index is -0.723. The molecule has 0 spiro atoms. The maximum atomic E-state index is 9.28. The van der Waals surface area contributed by atoms with Gasteiger partial charge < -0.3 is 15.5 Å². The lowest BCUT2D eigenvalue weighted by Crippen LogP contribution is -2.22.